The lowest BCUT2D eigenvalue weighted by atomic mass is 9.84. The molecule has 0 N–H and O–H groups in total. The summed E-state index contributed by atoms with van der Waals surface area (Å²) in [5, 5.41) is 0. The van der Waals surface area contributed by atoms with Crippen molar-refractivity contribution in [3.8, 4) is 40.2 Å². The molecular weight excluding hydrogens is 1850 g/mol. The Morgan fingerprint density at radius 3 is 0.872 bits per heavy atom. The quantitative estimate of drug-likeness (QED) is 0.0264. The predicted octanol–water partition coefficient (Wildman–Crippen LogP) is 38.8. The Balaban J connectivity index is 0.000000308. The maximum atomic E-state index is 12.3. The van der Waals surface area contributed by atoms with Crippen LogP contribution in [0.3, 0.4) is 0 Å². The lowest BCUT2D eigenvalue weighted by molar-refractivity contribution is -0.165. The molecule has 0 spiro atoms. The highest BCUT2D eigenvalue weighted by Gasteiger charge is 2.32. The van der Waals surface area contributed by atoms with Crippen molar-refractivity contribution in [3.05, 3.63) is 244 Å². The van der Waals surface area contributed by atoms with Crippen LogP contribution < -0.4 is 33.2 Å². The van der Waals surface area contributed by atoms with Gasteiger partial charge in [0.1, 0.15) is 51.4 Å². The summed E-state index contributed by atoms with van der Waals surface area (Å²) in [6, 6.07) is 68.0. The summed E-state index contributed by atoms with van der Waals surface area (Å²) >= 11 is 0. The first kappa shape index (κ1) is 131. The van der Waals surface area contributed by atoms with Crippen molar-refractivity contribution >= 4 is 5.97 Å². The zero-order valence-electron chi connectivity index (χ0n) is 100. The first-order valence-corrected chi connectivity index (χ1v) is 58.8. The van der Waals surface area contributed by atoms with Gasteiger partial charge in [-0.3, -0.25) is 0 Å². The molecule has 3 aliphatic rings. The van der Waals surface area contributed by atoms with Crippen LogP contribution in [0.5, 0.6) is 40.2 Å². The van der Waals surface area contributed by atoms with E-state index in [4.69, 9.17) is 61.6 Å². The minimum atomic E-state index is -0.589. The van der Waals surface area contributed by atoms with Crippen molar-refractivity contribution < 1.29 is 66.4 Å². The number of rotatable bonds is 50. The summed E-state index contributed by atoms with van der Waals surface area (Å²) < 4.78 is 76.6. The minimum absolute atomic E-state index is 0.0455. The highest BCUT2D eigenvalue weighted by atomic mass is 16.7. The number of methoxy groups -OCH3 is 1. The van der Waals surface area contributed by atoms with E-state index in [0.29, 0.717) is 96.1 Å². The third-order valence-electron chi connectivity index (χ3n) is 29.9. The summed E-state index contributed by atoms with van der Waals surface area (Å²) in [5.41, 5.74) is 11.8. The molecule has 13 unspecified atom stereocenters. The van der Waals surface area contributed by atoms with Crippen LogP contribution in [0.25, 0.3) is 0 Å². The van der Waals surface area contributed by atoms with Crippen LogP contribution >= 0.6 is 0 Å². The molecule has 0 aromatic heterocycles. The zero-order valence-corrected chi connectivity index (χ0v) is 100. The zero-order chi connectivity index (χ0) is 110. The summed E-state index contributed by atoms with van der Waals surface area (Å²) in [5.74, 6) is 13.4. The van der Waals surface area contributed by atoms with Crippen molar-refractivity contribution in [2.24, 2.45) is 41.4 Å². The van der Waals surface area contributed by atoms with E-state index in [1.807, 2.05) is 77.9 Å². The van der Waals surface area contributed by atoms with Crippen LogP contribution in [-0.4, -0.2) is 87.8 Å². The third-order valence-corrected chi connectivity index (χ3v) is 29.9. The number of benzene rings is 8. The van der Waals surface area contributed by atoms with Crippen molar-refractivity contribution in [1.82, 2.24) is 0 Å². The van der Waals surface area contributed by atoms with Crippen molar-refractivity contribution in [2.75, 3.05) is 26.9 Å². The molecule has 11 rings (SSSR count). The van der Waals surface area contributed by atoms with Gasteiger partial charge in [-0.25, -0.2) is 4.79 Å². The first-order chi connectivity index (χ1) is 71.0. The van der Waals surface area contributed by atoms with E-state index >= 15 is 0 Å². The van der Waals surface area contributed by atoms with Crippen molar-refractivity contribution in [1.29, 1.82) is 0 Å². The molecule has 14 heteroatoms. The average molecular weight is 2060 g/mol. The van der Waals surface area contributed by atoms with Gasteiger partial charge in [0, 0.05) is 49.2 Å². The molecule has 3 saturated carbocycles. The second-order valence-corrected chi connectivity index (χ2v) is 46.3. The van der Waals surface area contributed by atoms with Crippen LogP contribution in [0.2, 0.25) is 0 Å². The van der Waals surface area contributed by atoms with Crippen molar-refractivity contribution in [3.63, 3.8) is 0 Å². The van der Waals surface area contributed by atoms with Crippen LogP contribution in [0.15, 0.2) is 194 Å². The Hall–Kier alpha value is -8.37. The van der Waals surface area contributed by atoms with E-state index in [9.17, 15) is 4.79 Å². The summed E-state index contributed by atoms with van der Waals surface area (Å²) in [6.07, 6.45) is 30.3. The van der Waals surface area contributed by atoms with E-state index < -0.39 is 11.7 Å². The second kappa shape index (κ2) is 71.6. The van der Waals surface area contributed by atoms with Gasteiger partial charge >= 0.3 is 5.97 Å². The normalized spacial score (nSPS) is 16.3. The lowest BCUT2D eigenvalue weighted by Gasteiger charge is -2.30. The number of hydrogen-bond acceptors (Lipinski definition) is 14. The molecule has 3 aliphatic carbocycles. The molecule has 0 heterocycles. The maximum absolute atomic E-state index is 12.3. The molecule has 149 heavy (non-hydrogen) atoms. The van der Waals surface area contributed by atoms with E-state index in [1.54, 1.807) is 7.11 Å². The summed E-state index contributed by atoms with van der Waals surface area (Å²) in [7, 11) is 1.68. The van der Waals surface area contributed by atoms with E-state index in [1.165, 1.54) is 172 Å². The Labute approximate surface area is 910 Å². The SMILES string of the molecule is CCC(C)c1ccc(OC(C(=O)OC(C)(C)C)C(C)C)cc1.CCC(C)c1ccc(OC(C)(C)CC)cc1.CCC(C)c1ccc(OC(OC)C(C)C)cc1.CCC(C)c1ccc(OC(OC2CCCCC2)C(C)C)cc1.CCC(C)c1ccc(OC(OCCC2CCCCC2)C(C)C)cc1.CCC(C)c1ccc(OC(OCCc2ccc(C3CCCCC3)cc2)C(C)C)cc1.CCOC(Oc1ccc(C(C)CC)cc1)C(C)C. The maximum Gasteiger partial charge on any atom is 0.348 e. The fourth-order valence-corrected chi connectivity index (χ4v) is 17.7. The Morgan fingerprint density at radius 1 is 0.302 bits per heavy atom. The van der Waals surface area contributed by atoms with E-state index in [-0.39, 0.29) is 48.9 Å². The van der Waals surface area contributed by atoms with E-state index in [0.717, 1.165) is 91.5 Å². The second-order valence-electron chi connectivity index (χ2n) is 46.3. The van der Waals surface area contributed by atoms with Gasteiger partial charge < -0.3 is 61.6 Å². The standard InChI is InChI=1S/C28H40O2.C22H36O2.C20H32O2.C19H30O3.C16H26O2.C15H24O2.C15H24O/c1-5-22(4)24-15-17-27(18-16-24)30-28(21(2)3)29-20-19-23-11-13-26(14-12-23)25-9-7-6-8-10-25;1-5-18(4)20-11-13-21(14-12-20)24-22(17(2)3)23-16-15-19-9-7-6-8-10-19;1-5-16(4)17-11-13-19(14-12-17)22-20(15(2)3)21-18-9-7-6-8-10-18;1-8-14(4)15-9-11-16(12-10-15)21-17(13(2)3)18(20)22-19(5,6)7;1-6-13(5)14-8-10-15(11-9-14)18-16(12(3)4)17-7-2;1-6-12(4)13-7-9-14(10-8-13)17-15(16-5)11(2)3;1-6-12(3)13-8-10-14(11-9-13)16-15(4,5)7-2/h11-18,21-22,25,28H,5-10,19-20H2,1-4H3;11-14,17-19,22H,5-10,15-16H2,1-4H3;11-16,18,20H,5-10H2,1-4H3;9-14,17H,8H2,1-7H3;8-13,16H,6-7H2,1-5H3;7-12,15H,6H2,1-5H3;8-12H,6-7H2,1-5H3. The molecule has 836 valence electrons. The molecular formula is C135H212O14. The van der Waals surface area contributed by atoms with Gasteiger partial charge in [-0.15, -0.1) is 0 Å². The highest BCUT2D eigenvalue weighted by Crippen LogP contribution is 2.37. The molecule has 0 saturated heterocycles. The smallest absolute Gasteiger partial charge is 0.348 e. The van der Waals surface area contributed by atoms with Gasteiger partial charge in [0.05, 0.1) is 19.3 Å². The minimum Gasteiger partial charge on any atom is -0.488 e. The fourth-order valence-electron chi connectivity index (χ4n) is 17.7. The molecule has 13 atom stereocenters. The third kappa shape index (κ3) is 51.0. The molecule has 3 fully saturated rings. The summed E-state index contributed by atoms with van der Waals surface area (Å²) in [6.45, 7) is 72.6. The van der Waals surface area contributed by atoms with Gasteiger partial charge in [-0.1, -0.05) is 367 Å². The monoisotopic (exact) mass is 2060 g/mol. The molecule has 0 radical (unpaired) electrons. The highest BCUT2D eigenvalue weighted by molar-refractivity contribution is 5.76. The Kier molecular flexibility index (Phi) is 63.0. The first-order valence-electron chi connectivity index (χ1n) is 58.8. The van der Waals surface area contributed by atoms with Gasteiger partial charge in [-0.2, -0.15) is 0 Å². The average Bonchev–Trinajstić information content (AvgIpc) is 0.866. The molecule has 0 amide bonds. The number of esters is 1. The lowest BCUT2D eigenvalue weighted by Crippen LogP contribution is -2.38. The van der Waals surface area contributed by atoms with Gasteiger partial charge in [-0.05, 0) is 320 Å². The fraction of sp³-hybridized carbons (Fsp3) is 0.637. The predicted molar refractivity (Wildman–Crippen MR) is 628 cm³/mol. The molecule has 0 bridgehead atoms. The number of carbonyl (C=O) groups is 1. The van der Waals surface area contributed by atoms with Crippen LogP contribution in [0, 0.1) is 41.4 Å². The molecule has 0 aliphatic heterocycles. The molecule has 8 aromatic rings. The number of hydrogen-bond donors (Lipinski definition) is 0. The number of carbonyl (C=O) groups excluding carboxylic acids is 1. The van der Waals surface area contributed by atoms with E-state index in [2.05, 4.69) is 345 Å². The largest absolute Gasteiger partial charge is 0.488 e. The molecule has 8 aromatic carbocycles. The van der Waals surface area contributed by atoms with Gasteiger partial charge in [0.2, 0.25) is 31.5 Å². The van der Waals surface area contributed by atoms with Crippen LogP contribution in [-0.2, 0) is 39.6 Å². The molecule has 14 nitrogen and oxygen atoms in total. The Morgan fingerprint density at radius 2 is 0.584 bits per heavy atom. The topological polar surface area (TPSA) is 137 Å². The summed E-state index contributed by atoms with van der Waals surface area (Å²) in [4.78, 5) is 12.3. The number of ether oxygens (including phenoxy) is 13. The van der Waals surface area contributed by atoms with Gasteiger partial charge in [0.25, 0.3) is 0 Å². The van der Waals surface area contributed by atoms with Gasteiger partial charge in [0.15, 0.2) is 6.10 Å². The van der Waals surface area contributed by atoms with Crippen LogP contribution in [0.1, 0.15) is 480 Å². The van der Waals surface area contributed by atoms with Crippen LogP contribution in [0.4, 0.5) is 0 Å². The Bertz CT molecular complexity index is 4670. The van der Waals surface area contributed by atoms with Crippen molar-refractivity contribution in [2.45, 2.75) is 491 Å².